The summed E-state index contributed by atoms with van der Waals surface area (Å²) in [7, 11) is 2.16. The Balaban J connectivity index is 1.49. The molecule has 166 valence electrons. The highest BCUT2D eigenvalue weighted by Crippen LogP contribution is 2.29. The summed E-state index contributed by atoms with van der Waals surface area (Å²) in [6.07, 6.45) is 4.85. The SMILES string of the molecule is CC(=O)N1CCc2nc([C@@H]3CCCN(C)C3)nc(NCCCc3ccc(F)cc3)c2C1. The first-order chi connectivity index (χ1) is 15.0. The first-order valence-corrected chi connectivity index (χ1v) is 11.3. The number of rotatable bonds is 6. The van der Waals surface area contributed by atoms with Gasteiger partial charge in [0.1, 0.15) is 17.5 Å². The van der Waals surface area contributed by atoms with Crippen LogP contribution in [-0.4, -0.2) is 58.9 Å². The molecule has 1 atom stereocenters. The molecule has 1 N–H and O–H groups in total. The number of benzene rings is 1. The summed E-state index contributed by atoms with van der Waals surface area (Å²) in [6.45, 7) is 5.79. The molecule has 0 aliphatic carbocycles. The Kier molecular flexibility index (Phi) is 6.80. The number of hydrogen-bond donors (Lipinski definition) is 1. The lowest BCUT2D eigenvalue weighted by Gasteiger charge is -2.32. The van der Waals surface area contributed by atoms with Crippen LogP contribution in [0.3, 0.4) is 0 Å². The Morgan fingerprint density at radius 1 is 1.23 bits per heavy atom. The quantitative estimate of drug-likeness (QED) is 0.719. The lowest BCUT2D eigenvalue weighted by Crippen LogP contribution is -2.36. The number of nitrogens with one attached hydrogen (secondary N) is 1. The Hall–Kier alpha value is -2.54. The van der Waals surface area contributed by atoms with Crippen LogP contribution in [0, 0.1) is 5.82 Å². The predicted molar refractivity (Wildman–Crippen MR) is 120 cm³/mol. The fourth-order valence-electron chi connectivity index (χ4n) is 4.56. The smallest absolute Gasteiger partial charge is 0.219 e. The molecule has 1 aromatic heterocycles. The summed E-state index contributed by atoms with van der Waals surface area (Å²) in [5, 5.41) is 3.53. The van der Waals surface area contributed by atoms with Crippen molar-refractivity contribution in [2.75, 3.05) is 38.5 Å². The maximum absolute atomic E-state index is 13.1. The molecule has 0 saturated carbocycles. The summed E-state index contributed by atoms with van der Waals surface area (Å²) in [5.74, 6) is 2.05. The Morgan fingerprint density at radius 2 is 2.03 bits per heavy atom. The maximum Gasteiger partial charge on any atom is 0.219 e. The van der Waals surface area contributed by atoms with Gasteiger partial charge in [-0.15, -0.1) is 0 Å². The van der Waals surface area contributed by atoms with Crippen LogP contribution in [0.2, 0.25) is 0 Å². The highest BCUT2D eigenvalue weighted by Gasteiger charge is 2.27. The van der Waals surface area contributed by atoms with E-state index in [2.05, 4.69) is 17.3 Å². The van der Waals surface area contributed by atoms with Crippen molar-refractivity contribution in [3.63, 3.8) is 0 Å². The fourth-order valence-corrected chi connectivity index (χ4v) is 4.56. The van der Waals surface area contributed by atoms with E-state index < -0.39 is 0 Å². The first kappa shape index (κ1) is 21.7. The van der Waals surface area contributed by atoms with Crippen LogP contribution in [0.25, 0.3) is 0 Å². The van der Waals surface area contributed by atoms with Gasteiger partial charge < -0.3 is 15.1 Å². The highest BCUT2D eigenvalue weighted by atomic mass is 19.1. The Bertz CT molecular complexity index is 917. The summed E-state index contributed by atoms with van der Waals surface area (Å²) < 4.78 is 13.1. The van der Waals surface area contributed by atoms with E-state index in [4.69, 9.17) is 9.97 Å². The number of amides is 1. The average Bonchev–Trinajstić information content (AvgIpc) is 2.77. The van der Waals surface area contributed by atoms with Gasteiger partial charge in [0, 0.05) is 44.5 Å². The topological polar surface area (TPSA) is 61.4 Å². The van der Waals surface area contributed by atoms with Crippen molar-refractivity contribution in [2.24, 2.45) is 0 Å². The number of nitrogens with zero attached hydrogens (tertiary/aromatic N) is 4. The Labute approximate surface area is 183 Å². The molecule has 1 fully saturated rings. The molecule has 1 saturated heterocycles. The molecule has 0 bridgehead atoms. The van der Waals surface area contributed by atoms with E-state index in [0.29, 0.717) is 19.0 Å². The molecular formula is C24H32FN5O. The van der Waals surface area contributed by atoms with Crippen LogP contribution in [0.15, 0.2) is 24.3 Å². The summed E-state index contributed by atoms with van der Waals surface area (Å²) in [6, 6.07) is 6.69. The monoisotopic (exact) mass is 425 g/mol. The van der Waals surface area contributed by atoms with Crippen molar-refractivity contribution >= 4 is 11.7 Å². The molecule has 31 heavy (non-hydrogen) atoms. The zero-order valence-electron chi connectivity index (χ0n) is 18.5. The van der Waals surface area contributed by atoms with Gasteiger partial charge in [-0.2, -0.15) is 0 Å². The maximum atomic E-state index is 13.1. The molecular weight excluding hydrogens is 393 g/mol. The fraction of sp³-hybridized carbons (Fsp3) is 0.542. The number of aromatic nitrogens is 2. The minimum Gasteiger partial charge on any atom is -0.370 e. The summed E-state index contributed by atoms with van der Waals surface area (Å²) in [4.78, 5) is 26.1. The van der Waals surface area contributed by atoms with Gasteiger partial charge in [0.15, 0.2) is 0 Å². The molecule has 2 aliphatic heterocycles. The second kappa shape index (κ2) is 9.73. The van der Waals surface area contributed by atoms with Crippen LogP contribution < -0.4 is 5.32 Å². The number of fused-ring (bicyclic) bond motifs is 1. The minimum absolute atomic E-state index is 0.0888. The first-order valence-electron chi connectivity index (χ1n) is 11.3. The molecule has 1 amide bonds. The second-order valence-corrected chi connectivity index (χ2v) is 8.80. The van der Waals surface area contributed by atoms with Gasteiger partial charge in [0.25, 0.3) is 0 Å². The van der Waals surface area contributed by atoms with Crippen LogP contribution >= 0.6 is 0 Å². The number of hydrogen-bond acceptors (Lipinski definition) is 5. The normalized spacial score (nSPS) is 19.2. The number of halogens is 1. The van der Waals surface area contributed by atoms with E-state index >= 15 is 0 Å². The van der Waals surface area contributed by atoms with Gasteiger partial charge in [-0.05, 0) is 57.0 Å². The molecule has 2 aliphatic rings. The van der Waals surface area contributed by atoms with Gasteiger partial charge >= 0.3 is 0 Å². The van der Waals surface area contributed by atoms with Crippen molar-refractivity contribution in [2.45, 2.75) is 51.5 Å². The molecule has 2 aromatic rings. The number of piperidine rings is 1. The molecule has 0 spiro atoms. The lowest BCUT2D eigenvalue weighted by molar-refractivity contribution is -0.129. The van der Waals surface area contributed by atoms with Crippen molar-refractivity contribution in [1.82, 2.24) is 19.8 Å². The number of likely N-dealkylation sites (N-methyl/N-ethyl adjacent to an activating group) is 1. The number of likely N-dealkylation sites (tertiary alicyclic amines) is 1. The number of carbonyl (C=O) groups is 1. The summed E-state index contributed by atoms with van der Waals surface area (Å²) >= 11 is 0. The minimum atomic E-state index is -0.203. The van der Waals surface area contributed by atoms with E-state index in [1.54, 1.807) is 6.92 Å². The standard InChI is InChI=1S/C24H32FN5O/c1-17(31)30-14-11-22-21(16-30)24(26-12-3-5-18-7-9-20(25)10-8-18)28-23(27-22)19-6-4-13-29(2)15-19/h7-10,19H,3-6,11-16H2,1-2H3,(H,26,27,28)/t19-/m1/s1. The van der Waals surface area contributed by atoms with Crippen LogP contribution in [0.5, 0.6) is 0 Å². The molecule has 3 heterocycles. The predicted octanol–water partition coefficient (Wildman–Crippen LogP) is 3.37. The van der Waals surface area contributed by atoms with Gasteiger partial charge in [0.2, 0.25) is 5.91 Å². The van der Waals surface area contributed by atoms with Gasteiger partial charge in [-0.1, -0.05) is 12.1 Å². The molecule has 4 rings (SSSR count). The molecule has 0 radical (unpaired) electrons. The zero-order chi connectivity index (χ0) is 21.8. The number of anilines is 1. The molecule has 6 nitrogen and oxygen atoms in total. The zero-order valence-corrected chi connectivity index (χ0v) is 18.5. The molecule has 1 aromatic carbocycles. The highest BCUT2D eigenvalue weighted by molar-refractivity contribution is 5.74. The van der Waals surface area contributed by atoms with Crippen molar-refractivity contribution < 1.29 is 9.18 Å². The van der Waals surface area contributed by atoms with Gasteiger partial charge in [0.05, 0.1) is 12.2 Å². The lowest BCUT2D eigenvalue weighted by atomic mass is 9.96. The van der Waals surface area contributed by atoms with Crippen molar-refractivity contribution in [3.8, 4) is 0 Å². The van der Waals surface area contributed by atoms with E-state index in [1.165, 1.54) is 18.6 Å². The van der Waals surface area contributed by atoms with Crippen molar-refractivity contribution in [3.05, 3.63) is 52.7 Å². The third-order valence-corrected chi connectivity index (χ3v) is 6.36. The third kappa shape index (κ3) is 5.39. The van der Waals surface area contributed by atoms with Gasteiger partial charge in [-0.3, -0.25) is 4.79 Å². The van der Waals surface area contributed by atoms with E-state index in [0.717, 1.165) is 73.8 Å². The third-order valence-electron chi connectivity index (χ3n) is 6.36. The number of aryl methyl sites for hydroxylation is 1. The molecule has 0 unspecified atom stereocenters. The van der Waals surface area contributed by atoms with E-state index in [9.17, 15) is 9.18 Å². The van der Waals surface area contributed by atoms with E-state index in [1.807, 2.05) is 17.0 Å². The second-order valence-electron chi connectivity index (χ2n) is 8.80. The number of carbonyl (C=O) groups excluding carboxylic acids is 1. The largest absolute Gasteiger partial charge is 0.370 e. The van der Waals surface area contributed by atoms with Crippen molar-refractivity contribution in [1.29, 1.82) is 0 Å². The van der Waals surface area contributed by atoms with Gasteiger partial charge in [-0.25, -0.2) is 14.4 Å². The van der Waals surface area contributed by atoms with Crippen LogP contribution in [0.1, 0.15) is 54.7 Å². The average molecular weight is 426 g/mol. The Morgan fingerprint density at radius 3 is 2.77 bits per heavy atom. The van der Waals surface area contributed by atoms with E-state index in [-0.39, 0.29) is 11.7 Å². The summed E-state index contributed by atoms with van der Waals surface area (Å²) in [5.41, 5.74) is 3.26. The molecule has 7 heteroatoms. The van der Waals surface area contributed by atoms with Crippen LogP contribution in [-0.2, 0) is 24.2 Å². The van der Waals surface area contributed by atoms with Crippen LogP contribution in [0.4, 0.5) is 10.2 Å².